The van der Waals surface area contributed by atoms with E-state index in [1.807, 2.05) is 6.92 Å². The summed E-state index contributed by atoms with van der Waals surface area (Å²) < 4.78 is 15.0. The van der Waals surface area contributed by atoms with Crippen LogP contribution in [0, 0.1) is 11.3 Å². The maximum absolute atomic E-state index is 11.3. The number of likely N-dealkylation sites (tertiary alicyclic amines) is 1. The predicted octanol–water partition coefficient (Wildman–Crippen LogP) is 4.87. The van der Waals surface area contributed by atoms with Crippen molar-refractivity contribution in [2.45, 2.75) is 113 Å². The Labute approximate surface area is 282 Å². The second-order valence-electron chi connectivity index (χ2n) is 15.3. The van der Waals surface area contributed by atoms with Crippen molar-refractivity contribution in [1.29, 1.82) is 5.26 Å². The molecule has 0 amide bonds. The molecular weight excluding hydrogens is 627 g/mol. The van der Waals surface area contributed by atoms with Crippen LogP contribution in [0.5, 0.6) is 5.88 Å². The summed E-state index contributed by atoms with van der Waals surface area (Å²) >= 11 is 1.55. The lowest BCUT2D eigenvalue weighted by atomic mass is 9.63. The van der Waals surface area contributed by atoms with Crippen LogP contribution in [-0.2, 0) is 18.3 Å². The standard InChI is InChI=1S/C35H41N9O3S/c1-34(45)13-10-19-17-46-33-25-31(43(19)18-34)38-30(39-32(25)44(40-33)23-8-2-7-22(23)42-14-5-15-42)27-20-6-3-11-35(28(20)47-41-27)12-4-9-24-26(35)21(16-36)29(37)48-24/h19,22-23,45H,2-15,17-18,37H2,1H3/t19-,22+,23+,34-,35+/m1/s1. The van der Waals surface area contributed by atoms with E-state index in [1.54, 1.807) is 11.3 Å². The number of hydrogen-bond donors (Lipinski definition) is 2. The number of nitrogens with two attached hydrogens (primary N) is 1. The Balaban J connectivity index is 1.17. The molecule has 7 heterocycles. The normalized spacial score (nSPS) is 31.1. The summed E-state index contributed by atoms with van der Waals surface area (Å²) in [7, 11) is 0. The number of aliphatic hydroxyl groups is 1. The molecule has 0 aromatic carbocycles. The van der Waals surface area contributed by atoms with Crippen LogP contribution in [0.15, 0.2) is 4.52 Å². The van der Waals surface area contributed by atoms with Crippen LogP contribution in [0.3, 0.4) is 0 Å². The van der Waals surface area contributed by atoms with Crippen LogP contribution in [0.1, 0.15) is 105 Å². The largest absolute Gasteiger partial charge is 0.474 e. The van der Waals surface area contributed by atoms with Gasteiger partial charge in [0, 0.05) is 23.0 Å². The number of ether oxygens (including phenoxy) is 1. The van der Waals surface area contributed by atoms with E-state index in [0.717, 1.165) is 111 Å². The van der Waals surface area contributed by atoms with Gasteiger partial charge in [0.15, 0.2) is 22.9 Å². The second kappa shape index (κ2) is 10.4. The fourth-order valence-corrected chi connectivity index (χ4v) is 11.1. The zero-order valence-electron chi connectivity index (χ0n) is 27.4. The van der Waals surface area contributed by atoms with Gasteiger partial charge in [-0.15, -0.1) is 16.4 Å². The molecule has 250 valence electrons. The number of thiophene rings is 1. The number of aryl methyl sites for hydroxylation is 1. The molecule has 1 spiro atoms. The maximum atomic E-state index is 11.3. The minimum absolute atomic E-state index is 0.0720. The first kappa shape index (κ1) is 29.2. The lowest BCUT2D eigenvalue weighted by Gasteiger charge is -2.42. The van der Waals surface area contributed by atoms with Gasteiger partial charge >= 0.3 is 0 Å². The molecule has 4 aromatic rings. The Bertz CT molecular complexity index is 2000. The molecule has 3 aliphatic carbocycles. The molecule has 0 bridgehead atoms. The molecule has 0 radical (unpaired) electrons. The Morgan fingerprint density at radius 3 is 2.69 bits per heavy atom. The van der Waals surface area contributed by atoms with Crippen LogP contribution in [0.25, 0.3) is 22.6 Å². The van der Waals surface area contributed by atoms with E-state index in [9.17, 15) is 10.4 Å². The SMILES string of the molecule is C[C@@]1(O)CC[C@@H]2COc3nn([C@H]4CCC[C@@H]4N4CCC4)c4nc(-c5noc6c5CCC[C@@]65CCCc6sc(N)c(C#N)c65)nc(c34)N2C1. The molecule has 3 aliphatic heterocycles. The molecule has 13 heteroatoms. The summed E-state index contributed by atoms with van der Waals surface area (Å²) in [6, 6.07) is 3.12. The number of rotatable bonds is 3. The topological polar surface area (TPSA) is 155 Å². The van der Waals surface area contributed by atoms with E-state index in [2.05, 4.69) is 20.6 Å². The van der Waals surface area contributed by atoms with E-state index >= 15 is 0 Å². The Kier molecular flexibility index (Phi) is 6.32. The number of nitriles is 1. The summed E-state index contributed by atoms with van der Waals surface area (Å²) in [6.45, 7) is 5.13. The van der Waals surface area contributed by atoms with Crippen LogP contribution >= 0.6 is 11.3 Å². The van der Waals surface area contributed by atoms with E-state index in [4.69, 9.17) is 35.2 Å². The predicted molar refractivity (Wildman–Crippen MR) is 180 cm³/mol. The Morgan fingerprint density at radius 2 is 1.88 bits per heavy atom. The number of anilines is 2. The van der Waals surface area contributed by atoms with E-state index in [0.29, 0.717) is 53.6 Å². The average Bonchev–Trinajstić information content (AvgIpc) is 3.82. The third-order valence-electron chi connectivity index (χ3n) is 12.3. The lowest BCUT2D eigenvalue weighted by Crippen LogP contribution is -2.53. The molecule has 3 N–H and O–H groups in total. The van der Waals surface area contributed by atoms with Gasteiger partial charge in [0.05, 0.1) is 28.7 Å². The number of nitrogen functional groups attached to an aromatic ring is 1. The third-order valence-corrected chi connectivity index (χ3v) is 13.4. The highest BCUT2D eigenvalue weighted by atomic mass is 32.1. The van der Waals surface area contributed by atoms with Crippen molar-refractivity contribution in [2.75, 3.05) is 36.9 Å². The van der Waals surface area contributed by atoms with Crippen molar-refractivity contribution in [3.8, 4) is 23.5 Å². The molecular formula is C35H41N9O3S. The number of fused-ring (bicyclic) bond motifs is 6. The molecule has 3 fully saturated rings. The van der Waals surface area contributed by atoms with Gasteiger partial charge in [-0.05, 0) is 103 Å². The van der Waals surface area contributed by atoms with Gasteiger partial charge in [0.2, 0.25) is 5.88 Å². The third kappa shape index (κ3) is 4.05. The first-order valence-corrected chi connectivity index (χ1v) is 18.6. The molecule has 48 heavy (non-hydrogen) atoms. The highest BCUT2D eigenvalue weighted by Gasteiger charge is 2.49. The molecule has 2 saturated heterocycles. The van der Waals surface area contributed by atoms with Crippen LogP contribution < -0.4 is 15.4 Å². The molecule has 5 atom stereocenters. The van der Waals surface area contributed by atoms with Crippen molar-refractivity contribution in [3.05, 3.63) is 27.3 Å². The van der Waals surface area contributed by atoms with Gasteiger partial charge in [0.25, 0.3) is 0 Å². The average molecular weight is 668 g/mol. The fraction of sp³-hybridized carbons (Fsp3) is 0.629. The van der Waals surface area contributed by atoms with Crippen molar-refractivity contribution in [1.82, 2.24) is 29.8 Å². The molecule has 0 unspecified atom stereocenters. The maximum Gasteiger partial charge on any atom is 0.246 e. The summed E-state index contributed by atoms with van der Waals surface area (Å²) in [4.78, 5) is 16.6. The summed E-state index contributed by atoms with van der Waals surface area (Å²) in [5.74, 6) is 2.72. The highest BCUT2D eigenvalue weighted by Crippen LogP contribution is 2.55. The lowest BCUT2D eigenvalue weighted by molar-refractivity contribution is 0.0321. The monoisotopic (exact) mass is 667 g/mol. The smallest absolute Gasteiger partial charge is 0.246 e. The molecule has 6 aliphatic rings. The van der Waals surface area contributed by atoms with Crippen molar-refractivity contribution < 1.29 is 14.4 Å². The zero-order chi connectivity index (χ0) is 32.4. The highest BCUT2D eigenvalue weighted by molar-refractivity contribution is 7.16. The molecule has 1 saturated carbocycles. The van der Waals surface area contributed by atoms with Crippen molar-refractivity contribution in [2.24, 2.45) is 0 Å². The molecule has 12 nitrogen and oxygen atoms in total. The van der Waals surface area contributed by atoms with E-state index in [-0.39, 0.29) is 12.1 Å². The summed E-state index contributed by atoms with van der Waals surface area (Å²) in [5.41, 5.74) is 9.28. The minimum Gasteiger partial charge on any atom is -0.474 e. The molecule has 4 aromatic heterocycles. The van der Waals surface area contributed by atoms with Gasteiger partial charge < -0.3 is 25.0 Å². The van der Waals surface area contributed by atoms with Crippen LogP contribution in [0.4, 0.5) is 10.8 Å². The van der Waals surface area contributed by atoms with Crippen LogP contribution in [0.2, 0.25) is 0 Å². The van der Waals surface area contributed by atoms with E-state index < -0.39 is 11.0 Å². The number of nitrogens with zero attached hydrogens (tertiary/aromatic N) is 8. The van der Waals surface area contributed by atoms with Crippen molar-refractivity contribution in [3.63, 3.8) is 0 Å². The Morgan fingerprint density at radius 1 is 1.04 bits per heavy atom. The zero-order valence-corrected chi connectivity index (χ0v) is 28.2. The van der Waals surface area contributed by atoms with Crippen molar-refractivity contribution >= 4 is 33.2 Å². The first-order chi connectivity index (χ1) is 23.3. The van der Waals surface area contributed by atoms with Gasteiger partial charge in [-0.25, -0.2) is 14.6 Å². The number of hydrogen-bond acceptors (Lipinski definition) is 12. The second-order valence-corrected chi connectivity index (χ2v) is 16.4. The van der Waals surface area contributed by atoms with Gasteiger partial charge in [-0.2, -0.15) is 5.26 Å². The summed E-state index contributed by atoms with van der Waals surface area (Å²) in [5, 5.41) is 32.8. The fourth-order valence-electron chi connectivity index (χ4n) is 9.96. The first-order valence-electron chi connectivity index (χ1n) is 17.8. The van der Waals surface area contributed by atoms with Gasteiger partial charge in [0.1, 0.15) is 28.9 Å². The van der Waals surface area contributed by atoms with Gasteiger partial charge in [-0.3, -0.25) is 4.90 Å². The van der Waals surface area contributed by atoms with Crippen LogP contribution in [-0.4, -0.2) is 78.8 Å². The quantitative estimate of drug-likeness (QED) is 0.308. The van der Waals surface area contributed by atoms with E-state index in [1.165, 1.54) is 11.3 Å². The molecule has 10 rings (SSSR count). The number of piperidine rings is 1. The van der Waals surface area contributed by atoms with Gasteiger partial charge in [-0.1, -0.05) is 5.16 Å². The number of aromatic nitrogens is 5. The Hall–Kier alpha value is -3.73. The minimum atomic E-state index is -0.846. The summed E-state index contributed by atoms with van der Waals surface area (Å²) in [6.07, 6.45) is 11.6.